The summed E-state index contributed by atoms with van der Waals surface area (Å²) < 4.78 is 31.8. The number of hydrogen-bond donors (Lipinski definition) is 1. The molecular weight excluding hydrogens is 635 g/mol. The number of carboxylic acids is 1. The van der Waals surface area contributed by atoms with Crippen molar-refractivity contribution in [1.82, 2.24) is 24.1 Å². The molecule has 10 heteroatoms. The molecule has 0 aromatic carbocycles. The Balaban J connectivity index is 0.00000289. The normalized spacial score (nSPS) is 11.7. The molecule has 0 atom stereocenters. The Labute approximate surface area is 213 Å². The third kappa shape index (κ3) is 3.93. The van der Waals surface area contributed by atoms with Gasteiger partial charge in [-0.3, -0.25) is 9.97 Å². The number of fused-ring (bicyclic) bond motifs is 2. The second kappa shape index (κ2) is 8.64. The molecule has 5 aromatic heterocycles. The van der Waals surface area contributed by atoms with E-state index < -0.39 is 23.3 Å². The van der Waals surface area contributed by atoms with Crippen molar-refractivity contribution >= 4 is 27.8 Å². The van der Waals surface area contributed by atoms with E-state index in [0.29, 0.717) is 22.2 Å². The molecule has 182 valence electrons. The number of nitrogens with zero attached hydrogens (tertiary/aromatic N) is 5. The van der Waals surface area contributed by atoms with Gasteiger partial charge in [-0.1, -0.05) is 11.6 Å². The van der Waals surface area contributed by atoms with Crippen molar-refractivity contribution in [2.24, 2.45) is 14.1 Å². The summed E-state index contributed by atoms with van der Waals surface area (Å²) in [6.45, 7) is 3.75. The summed E-state index contributed by atoms with van der Waals surface area (Å²) in [7, 11) is 3.68. The van der Waals surface area contributed by atoms with Gasteiger partial charge in [0.05, 0.1) is 11.2 Å². The Morgan fingerprint density at radius 2 is 1.54 bits per heavy atom. The fourth-order valence-electron chi connectivity index (χ4n) is 4.19. The molecule has 1 N–H and O–H groups in total. The molecule has 0 unspecified atom stereocenters. The summed E-state index contributed by atoms with van der Waals surface area (Å²) in [5, 5.41) is 11.0. The Bertz CT molecular complexity index is 1620. The first-order valence-electron chi connectivity index (χ1n) is 10.5. The van der Waals surface area contributed by atoms with E-state index in [1.165, 1.54) is 0 Å². The van der Waals surface area contributed by atoms with Crippen LogP contribution in [0.25, 0.3) is 33.1 Å². The second-order valence-electron chi connectivity index (χ2n) is 8.75. The van der Waals surface area contributed by atoms with Crippen LogP contribution in [0.15, 0.2) is 42.7 Å². The van der Waals surface area contributed by atoms with Crippen molar-refractivity contribution < 1.29 is 39.7 Å². The van der Waals surface area contributed by atoms with E-state index in [2.05, 4.69) is 16.0 Å². The fraction of sp³-hybridized carbons (Fsp3) is 0.200. The van der Waals surface area contributed by atoms with Gasteiger partial charge >= 0.3 is 5.97 Å². The predicted octanol–water partition coefficient (Wildman–Crippen LogP) is 4.62. The minimum absolute atomic E-state index is 0. The predicted molar refractivity (Wildman–Crippen MR) is 122 cm³/mol. The molecule has 0 spiro atoms. The first-order chi connectivity index (χ1) is 16.1. The number of rotatable bonds is 4. The van der Waals surface area contributed by atoms with Gasteiger partial charge in [-0.05, 0) is 43.5 Å². The zero-order chi connectivity index (χ0) is 24.4. The average molecular weight is 656 g/mol. The maximum Gasteiger partial charge on any atom is 0.355 e. The maximum absolute atomic E-state index is 14.6. The van der Waals surface area contributed by atoms with Gasteiger partial charge in [-0.2, -0.15) is 0 Å². The second-order valence-corrected chi connectivity index (χ2v) is 8.75. The SMILES string of the molecule is Cn1ccc2c(C(=O)O)nc(C(C)(C)c3cc4c(ccn4C)c(-c4[c-]cc(F)nc4F)n3)cc21.[Pt]. The molecule has 0 amide bonds. The first kappa shape index (κ1) is 24.7. The van der Waals surface area contributed by atoms with Crippen LogP contribution in [0.3, 0.4) is 0 Å². The smallest absolute Gasteiger partial charge is 0.355 e. The molecule has 0 bridgehead atoms. The zero-order valence-corrected chi connectivity index (χ0v) is 21.5. The van der Waals surface area contributed by atoms with Gasteiger partial charge in [0.25, 0.3) is 0 Å². The van der Waals surface area contributed by atoms with Gasteiger partial charge in [-0.15, -0.1) is 6.07 Å². The van der Waals surface area contributed by atoms with Crippen LogP contribution in [0.2, 0.25) is 0 Å². The quantitative estimate of drug-likeness (QED) is 0.226. The minimum atomic E-state index is -1.13. The summed E-state index contributed by atoms with van der Waals surface area (Å²) in [6, 6.07) is 10.8. The molecule has 5 rings (SSSR count). The molecule has 7 nitrogen and oxygen atoms in total. The molecular formula is C25H20F2N5O2Pt-. The van der Waals surface area contributed by atoms with Crippen LogP contribution in [0.1, 0.15) is 35.7 Å². The van der Waals surface area contributed by atoms with Crippen LogP contribution in [-0.4, -0.2) is 35.2 Å². The number of hydrogen-bond acceptors (Lipinski definition) is 4. The summed E-state index contributed by atoms with van der Waals surface area (Å²) >= 11 is 0. The van der Waals surface area contributed by atoms with Crippen LogP contribution in [0.5, 0.6) is 0 Å². The van der Waals surface area contributed by atoms with Gasteiger partial charge in [0, 0.05) is 75.3 Å². The summed E-state index contributed by atoms with van der Waals surface area (Å²) in [5.74, 6) is -3.11. The van der Waals surface area contributed by atoms with E-state index in [1.807, 2.05) is 55.4 Å². The molecule has 0 radical (unpaired) electrons. The van der Waals surface area contributed by atoms with Crippen molar-refractivity contribution in [3.05, 3.63) is 77.8 Å². The molecule has 0 saturated heterocycles. The van der Waals surface area contributed by atoms with Crippen molar-refractivity contribution in [2.45, 2.75) is 19.3 Å². The minimum Gasteiger partial charge on any atom is -0.476 e. The van der Waals surface area contributed by atoms with Crippen LogP contribution < -0.4 is 0 Å². The van der Waals surface area contributed by atoms with Gasteiger partial charge < -0.3 is 14.2 Å². The molecule has 0 saturated carbocycles. The number of carbonyl (C=O) groups is 1. The number of carboxylic acid groups (broad SMARTS) is 1. The van der Waals surface area contributed by atoms with Crippen molar-refractivity contribution in [2.75, 3.05) is 0 Å². The van der Waals surface area contributed by atoms with E-state index in [9.17, 15) is 18.7 Å². The van der Waals surface area contributed by atoms with Gasteiger partial charge in [0.15, 0.2) is 5.69 Å². The molecule has 5 aromatic rings. The molecule has 0 aliphatic carbocycles. The molecule has 0 aliphatic rings. The third-order valence-electron chi connectivity index (χ3n) is 6.23. The Kier molecular flexibility index (Phi) is 6.09. The van der Waals surface area contributed by atoms with Crippen LogP contribution in [0, 0.1) is 18.0 Å². The average Bonchev–Trinajstić information content (AvgIpc) is 3.35. The van der Waals surface area contributed by atoms with Crippen LogP contribution >= 0.6 is 0 Å². The summed E-state index contributed by atoms with van der Waals surface area (Å²) in [6.07, 6.45) is 3.60. The van der Waals surface area contributed by atoms with Crippen LogP contribution in [-0.2, 0) is 40.6 Å². The van der Waals surface area contributed by atoms with Crippen molar-refractivity contribution in [3.8, 4) is 11.3 Å². The van der Waals surface area contributed by atoms with Gasteiger partial charge in [-0.25, -0.2) is 18.6 Å². The standard InChI is InChI=1S/C25H20F2N5O2.Pt/c1-25(2,19-12-17-14(8-10-32(17)4)22(29-19)24(33)34)18-11-16-13(7-9-31(16)3)21(28-18)15-5-6-20(26)30-23(15)27;/h6-12H,1-4H3,(H,33,34);/q-1;. The number of aromatic carboxylic acids is 1. The molecule has 5 heterocycles. The van der Waals surface area contributed by atoms with Gasteiger partial charge in [0.2, 0.25) is 0 Å². The maximum atomic E-state index is 14.6. The molecule has 0 fully saturated rings. The van der Waals surface area contributed by atoms with Crippen molar-refractivity contribution in [1.29, 1.82) is 0 Å². The summed E-state index contributed by atoms with van der Waals surface area (Å²) in [4.78, 5) is 24.5. The number of halogens is 2. The topological polar surface area (TPSA) is 85.8 Å². The Hall–Kier alpha value is -3.45. The Morgan fingerprint density at radius 3 is 2.14 bits per heavy atom. The van der Waals surface area contributed by atoms with E-state index in [4.69, 9.17) is 4.98 Å². The van der Waals surface area contributed by atoms with Gasteiger partial charge in [0.1, 0.15) is 11.9 Å². The molecule has 0 aliphatic heterocycles. The number of aryl methyl sites for hydroxylation is 2. The molecule has 35 heavy (non-hydrogen) atoms. The van der Waals surface area contributed by atoms with Crippen LogP contribution in [0.4, 0.5) is 8.78 Å². The van der Waals surface area contributed by atoms with Crippen molar-refractivity contribution in [3.63, 3.8) is 0 Å². The van der Waals surface area contributed by atoms with E-state index in [-0.39, 0.29) is 38.0 Å². The zero-order valence-electron chi connectivity index (χ0n) is 19.2. The van der Waals surface area contributed by atoms with E-state index >= 15 is 0 Å². The number of aromatic nitrogens is 5. The number of pyridine rings is 3. The first-order valence-corrected chi connectivity index (χ1v) is 10.5. The van der Waals surface area contributed by atoms with E-state index in [1.54, 1.807) is 18.3 Å². The largest absolute Gasteiger partial charge is 0.476 e. The monoisotopic (exact) mass is 655 g/mol. The summed E-state index contributed by atoms with van der Waals surface area (Å²) in [5.41, 5.74) is 1.82. The fourth-order valence-corrected chi connectivity index (χ4v) is 4.19. The third-order valence-corrected chi connectivity index (χ3v) is 6.23. The Morgan fingerprint density at radius 1 is 0.971 bits per heavy atom. The van der Waals surface area contributed by atoms with E-state index in [0.717, 1.165) is 17.1 Å².